The van der Waals surface area contributed by atoms with Gasteiger partial charge in [0, 0.05) is 39.1 Å². The Morgan fingerprint density at radius 1 is 0.955 bits per heavy atom. The van der Waals surface area contributed by atoms with Gasteiger partial charge >= 0.3 is 5.97 Å². The van der Waals surface area contributed by atoms with Crippen molar-refractivity contribution < 1.29 is 9.53 Å². The fourth-order valence-corrected chi connectivity index (χ4v) is 7.70. The molecule has 1 atom stereocenters. The number of carbonyl (C=O) groups excluding carboxylic acids is 1. The van der Waals surface area contributed by atoms with Gasteiger partial charge in [-0.25, -0.2) is 9.79 Å². The molecule has 0 bridgehead atoms. The van der Waals surface area contributed by atoms with Crippen LogP contribution in [0.2, 0.25) is 0 Å². The lowest BCUT2D eigenvalue weighted by Crippen LogP contribution is -2.39. The van der Waals surface area contributed by atoms with Gasteiger partial charge in [-0.3, -0.25) is 9.36 Å². The third-order valence-electron chi connectivity index (χ3n) is 7.92. The summed E-state index contributed by atoms with van der Waals surface area (Å²) in [5.41, 5.74) is 5.92. The molecule has 1 aliphatic heterocycles. The van der Waals surface area contributed by atoms with Gasteiger partial charge in [0.1, 0.15) is 6.04 Å². The molecule has 4 heterocycles. The average molecular weight is 616 g/mol. The van der Waals surface area contributed by atoms with Crippen molar-refractivity contribution in [2.75, 3.05) is 6.61 Å². The first-order chi connectivity index (χ1) is 21.5. The van der Waals surface area contributed by atoms with Gasteiger partial charge < -0.3 is 9.30 Å². The van der Waals surface area contributed by atoms with E-state index < -0.39 is 12.0 Å². The minimum absolute atomic E-state index is 0.180. The number of hydrogen-bond acceptors (Lipinski definition) is 6. The van der Waals surface area contributed by atoms with E-state index >= 15 is 0 Å². The zero-order valence-electron chi connectivity index (χ0n) is 24.3. The number of ether oxygens (including phenoxy) is 1. The van der Waals surface area contributed by atoms with Gasteiger partial charge in [0.05, 0.1) is 22.4 Å². The smallest absolute Gasteiger partial charge is 0.338 e. The van der Waals surface area contributed by atoms with E-state index in [0.29, 0.717) is 20.6 Å². The Hall–Kier alpha value is -4.79. The first-order valence-corrected chi connectivity index (χ1v) is 16.2. The number of esters is 1. The molecule has 0 aliphatic carbocycles. The Balaban J connectivity index is 1.47. The molecule has 1 unspecified atom stereocenters. The summed E-state index contributed by atoms with van der Waals surface area (Å²) in [5, 5.41) is 3.04. The summed E-state index contributed by atoms with van der Waals surface area (Å²) >= 11 is 2.86. The monoisotopic (exact) mass is 615 g/mol. The zero-order chi connectivity index (χ0) is 30.2. The third-order valence-corrected chi connectivity index (χ3v) is 9.83. The molecule has 3 aromatic heterocycles. The van der Waals surface area contributed by atoms with Crippen molar-refractivity contribution in [3.05, 3.63) is 155 Å². The van der Waals surface area contributed by atoms with E-state index in [2.05, 4.69) is 47.9 Å². The highest BCUT2D eigenvalue weighted by atomic mass is 32.1. The van der Waals surface area contributed by atoms with Crippen LogP contribution in [0, 0.1) is 6.92 Å². The molecule has 6 aromatic rings. The molecule has 0 saturated heterocycles. The molecule has 218 valence electrons. The maximum Gasteiger partial charge on any atom is 0.338 e. The second kappa shape index (κ2) is 11.7. The Morgan fingerprint density at radius 3 is 2.41 bits per heavy atom. The second-order valence-electron chi connectivity index (χ2n) is 10.5. The summed E-state index contributed by atoms with van der Waals surface area (Å²) < 4.78 is 10.1. The number of para-hydroxylation sites is 1. The molecule has 0 radical (unpaired) electrons. The number of fused-ring (bicyclic) bond motifs is 2. The van der Waals surface area contributed by atoms with Crippen LogP contribution in [0.25, 0.3) is 22.7 Å². The topological polar surface area (TPSA) is 65.6 Å². The van der Waals surface area contributed by atoms with E-state index in [0.717, 1.165) is 39.1 Å². The molecule has 0 fully saturated rings. The second-order valence-corrected chi connectivity index (χ2v) is 12.5. The highest BCUT2D eigenvalue weighted by Crippen LogP contribution is 2.37. The average Bonchev–Trinajstić information content (AvgIpc) is 3.76. The van der Waals surface area contributed by atoms with Gasteiger partial charge in [0.2, 0.25) is 0 Å². The fourth-order valence-electron chi connectivity index (χ4n) is 5.90. The minimum atomic E-state index is -0.650. The molecule has 0 amide bonds. The first-order valence-electron chi connectivity index (χ1n) is 14.5. The summed E-state index contributed by atoms with van der Waals surface area (Å²) in [5.74, 6) is -0.470. The highest BCUT2D eigenvalue weighted by Gasteiger charge is 2.35. The lowest BCUT2D eigenvalue weighted by atomic mass is 9.97. The van der Waals surface area contributed by atoms with Crippen LogP contribution in [0.4, 0.5) is 0 Å². The molecular formula is C36H29N3O3S2. The van der Waals surface area contributed by atoms with Crippen LogP contribution in [0.1, 0.15) is 40.2 Å². The van der Waals surface area contributed by atoms with Gasteiger partial charge in [-0.1, -0.05) is 96.3 Å². The van der Waals surface area contributed by atoms with Crippen LogP contribution in [-0.2, 0) is 16.1 Å². The van der Waals surface area contributed by atoms with Crippen molar-refractivity contribution in [2.45, 2.75) is 26.4 Å². The lowest BCUT2D eigenvalue weighted by molar-refractivity contribution is -0.138. The largest absolute Gasteiger partial charge is 0.463 e. The molecule has 44 heavy (non-hydrogen) atoms. The van der Waals surface area contributed by atoms with Crippen molar-refractivity contribution in [1.82, 2.24) is 9.13 Å². The number of nitrogens with zero attached hydrogens (tertiary/aromatic N) is 3. The number of carbonyl (C=O) groups is 1. The van der Waals surface area contributed by atoms with E-state index in [1.165, 1.54) is 28.2 Å². The van der Waals surface area contributed by atoms with Crippen molar-refractivity contribution in [3.8, 4) is 0 Å². The van der Waals surface area contributed by atoms with Crippen molar-refractivity contribution >= 4 is 51.3 Å². The standard InChI is InChI=1S/C36H29N3O3S2/c1-3-42-35(41)31-32(25-15-8-5-9-16-25)37-36-39(33(31)29-19-12-20-43-29)34(40)30(44-36)21-27-23(2)38(22-24-13-6-4-7-14-24)28-18-11-10-17-26(27)28/h4-21,33H,3,22H2,1-2H3. The summed E-state index contributed by atoms with van der Waals surface area (Å²) in [6, 6.07) is 31.6. The van der Waals surface area contributed by atoms with Gasteiger partial charge in [-0.2, -0.15) is 0 Å². The summed E-state index contributed by atoms with van der Waals surface area (Å²) in [6.45, 7) is 4.83. The van der Waals surface area contributed by atoms with Crippen molar-refractivity contribution in [1.29, 1.82) is 0 Å². The van der Waals surface area contributed by atoms with Crippen molar-refractivity contribution in [2.24, 2.45) is 4.99 Å². The van der Waals surface area contributed by atoms with Crippen LogP contribution in [0.15, 0.2) is 118 Å². The fraction of sp³-hybridized carbons (Fsp3) is 0.139. The molecule has 0 spiro atoms. The summed E-state index contributed by atoms with van der Waals surface area (Å²) in [6.07, 6.45) is 1.99. The molecule has 0 N–H and O–H groups in total. The van der Waals surface area contributed by atoms with Crippen LogP contribution >= 0.6 is 22.7 Å². The number of rotatable bonds is 7. The van der Waals surface area contributed by atoms with Gasteiger partial charge in [-0.05, 0) is 43.0 Å². The van der Waals surface area contributed by atoms with Crippen LogP contribution in [-0.4, -0.2) is 21.7 Å². The van der Waals surface area contributed by atoms with E-state index in [4.69, 9.17) is 9.73 Å². The maximum atomic E-state index is 14.3. The van der Waals surface area contributed by atoms with Gasteiger partial charge in [0.25, 0.3) is 5.56 Å². The summed E-state index contributed by atoms with van der Waals surface area (Å²) in [4.78, 5) is 34.3. The summed E-state index contributed by atoms with van der Waals surface area (Å²) in [7, 11) is 0. The van der Waals surface area contributed by atoms with Crippen LogP contribution < -0.4 is 14.9 Å². The van der Waals surface area contributed by atoms with Gasteiger partial charge in [0.15, 0.2) is 4.80 Å². The number of aromatic nitrogens is 2. The molecule has 3 aromatic carbocycles. The minimum Gasteiger partial charge on any atom is -0.463 e. The third kappa shape index (κ3) is 4.86. The quantitative estimate of drug-likeness (QED) is 0.198. The zero-order valence-corrected chi connectivity index (χ0v) is 25.9. The maximum absolute atomic E-state index is 14.3. The molecule has 0 saturated carbocycles. The van der Waals surface area contributed by atoms with E-state index in [-0.39, 0.29) is 12.2 Å². The van der Waals surface area contributed by atoms with E-state index in [1.807, 2.05) is 72.1 Å². The Labute approximate surface area is 262 Å². The molecule has 7 rings (SSSR count). The SMILES string of the molecule is CCOC(=O)C1=C(c2ccccc2)N=c2sc(=Cc3c(C)n(Cc4ccccc4)c4ccccc34)c(=O)n2C1c1cccs1. The van der Waals surface area contributed by atoms with Crippen LogP contribution in [0.3, 0.4) is 0 Å². The van der Waals surface area contributed by atoms with E-state index in [9.17, 15) is 9.59 Å². The van der Waals surface area contributed by atoms with E-state index in [1.54, 1.807) is 11.5 Å². The normalized spacial score (nSPS) is 15.0. The molecular weight excluding hydrogens is 587 g/mol. The first kappa shape index (κ1) is 28.0. The van der Waals surface area contributed by atoms with Crippen molar-refractivity contribution in [3.63, 3.8) is 0 Å². The highest BCUT2D eigenvalue weighted by molar-refractivity contribution is 7.10. The predicted octanol–water partition coefficient (Wildman–Crippen LogP) is 6.31. The number of thiophene rings is 1. The molecule has 1 aliphatic rings. The number of thiazole rings is 1. The Bertz CT molecular complexity index is 2210. The Morgan fingerprint density at radius 2 is 1.68 bits per heavy atom. The predicted molar refractivity (Wildman–Crippen MR) is 178 cm³/mol. The lowest BCUT2D eigenvalue weighted by Gasteiger charge is -2.24. The molecule has 8 heteroatoms. The molecule has 6 nitrogen and oxygen atoms in total. The number of benzene rings is 3. The van der Waals surface area contributed by atoms with Gasteiger partial charge in [-0.15, -0.1) is 11.3 Å². The van der Waals surface area contributed by atoms with Crippen LogP contribution in [0.5, 0.6) is 0 Å². The Kier molecular flexibility index (Phi) is 7.46. The number of hydrogen-bond donors (Lipinski definition) is 0.